The summed E-state index contributed by atoms with van der Waals surface area (Å²) in [6.07, 6.45) is 2.11. The van der Waals surface area contributed by atoms with Crippen molar-refractivity contribution in [3.63, 3.8) is 0 Å². The van der Waals surface area contributed by atoms with Crippen LogP contribution in [0.25, 0.3) is 0 Å². The highest BCUT2D eigenvalue weighted by molar-refractivity contribution is 9.10. The molecule has 1 fully saturated rings. The zero-order chi connectivity index (χ0) is 13.8. The van der Waals surface area contributed by atoms with Crippen molar-refractivity contribution in [2.75, 3.05) is 26.2 Å². The molecule has 2 rings (SSSR count). The second-order valence-corrected chi connectivity index (χ2v) is 6.21. The van der Waals surface area contributed by atoms with Gasteiger partial charge < -0.3 is 10.4 Å². The van der Waals surface area contributed by atoms with Crippen molar-refractivity contribution in [1.29, 1.82) is 0 Å². The molecule has 1 aliphatic heterocycles. The van der Waals surface area contributed by atoms with E-state index < -0.39 is 0 Å². The van der Waals surface area contributed by atoms with Gasteiger partial charge in [0, 0.05) is 42.8 Å². The number of piperazine rings is 1. The minimum atomic E-state index is 0.238. The Kier molecular flexibility index (Phi) is 5.51. The summed E-state index contributed by atoms with van der Waals surface area (Å²) in [4.78, 5) is 2.43. The van der Waals surface area contributed by atoms with E-state index in [0.29, 0.717) is 15.2 Å². The molecule has 19 heavy (non-hydrogen) atoms. The Morgan fingerprint density at radius 1 is 1.42 bits per heavy atom. The van der Waals surface area contributed by atoms with Gasteiger partial charge in [0.15, 0.2) is 0 Å². The second-order valence-electron chi connectivity index (χ2n) is 4.92. The van der Waals surface area contributed by atoms with Gasteiger partial charge in [0.2, 0.25) is 0 Å². The van der Waals surface area contributed by atoms with Crippen LogP contribution in [-0.2, 0) is 0 Å². The fourth-order valence-electron chi connectivity index (χ4n) is 2.64. The van der Waals surface area contributed by atoms with Crippen LogP contribution in [0.2, 0.25) is 5.02 Å². The lowest BCUT2D eigenvalue weighted by atomic mass is 9.99. The van der Waals surface area contributed by atoms with Gasteiger partial charge in [-0.05, 0) is 34.5 Å². The zero-order valence-electron chi connectivity index (χ0n) is 11.1. The largest absolute Gasteiger partial charge is 0.506 e. The maximum Gasteiger partial charge on any atom is 0.134 e. The highest BCUT2D eigenvalue weighted by atomic mass is 79.9. The van der Waals surface area contributed by atoms with Crippen LogP contribution in [0.1, 0.15) is 31.4 Å². The molecule has 3 nitrogen and oxygen atoms in total. The number of hydrogen-bond donors (Lipinski definition) is 2. The SMILES string of the molecule is CCC[C@@H](c1cc(Cl)cc(Br)c1O)N1CCNCC1. The average molecular weight is 348 g/mol. The quantitative estimate of drug-likeness (QED) is 0.874. The number of halogens is 2. The molecule has 0 spiro atoms. The van der Waals surface area contributed by atoms with E-state index in [1.54, 1.807) is 6.07 Å². The first-order valence-corrected chi connectivity index (χ1v) is 7.93. The van der Waals surface area contributed by atoms with Crippen molar-refractivity contribution in [2.45, 2.75) is 25.8 Å². The van der Waals surface area contributed by atoms with Crippen molar-refractivity contribution >= 4 is 27.5 Å². The Bertz CT molecular complexity index is 436. The molecule has 1 aromatic carbocycles. The first-order chi connectivity index (χ1) is 9.13. The van der Waals surface area contributed by atoms with Crippen LogP contribution in [0, 0.1) is 0 Å². The highest BCUT2D eigenvalue weighted by Gasteiger charge is 2.25. The summed E-state index contributed by atoms with van der Waals surface area (Å²) in [5.74, 6) is 0.321. The predicted octanol–water partition coefficient (Wildman–Crippen LogP) is 3.55. The fraction of sp³-hybridized carbons (Fsp3) is 0.571. The van der Waals surface area contributed by atoms with Crippen LogP contribution in [-0.4, -0.2) is 36.2 Å². The van der Waals surface area contributed by atoms with Gasteiger partial charge in [-0.3, -0.25) is 4.90 Å². The molecule has 1 heterocycles. The summed E-state index contributed by atoms with van der Waals surface area (Å²) in [6, 6.07) is 3.87. The molecule has 1 aromatic rings. The van der Waals surface area contributed by atoms with Crippen LogP contribution in [0.3, 0.4) is 0 Å². The maximum absolute atomic E-state index is 10.3. The van der Waals surface area contributed by atoms with Gasteiger partial charge in [0.1, 0.15) is 5.75 Å². The molecule has 0 bridgehead atoms. The Hall–Kier alpha value is -0.290. The number of nitrogens with one attached hydrogen (secondary N) is 1. The molecule has 1 aliphatic rings. The van der Waals surface area contributed by atoms with Crippen molar-refractivity contribution in [3.05, 3.63) is 27.2 Å². The van der Waals surface area contributed by atoms with Crippen molar-refractivity contribution in [1.82, 2.24) is 10.2 Å². The van der Waals surface area contributed by atoms with E-state index >= 15 is 0 Å². The number of benzene rings is 1. The van der Waals surface area contributed by atoms with E-state index in [0.717, 1.165) is 44.6 Å². The third-order valence-electron chi connectivity index (χ3n) is 3.57. The van der Waals surface area contributed by atoms with Crippen LogP contribution >= 0.6 is 27.5 Å². The lowest BCUT2D eigenvalue weighted by molar-refractivity contribution is 0.162. The number of rotatable bonds is 4. The zero-order valence-corrected chi connectivity index (χ0v) is 13.5. The lowest BCUT2D eigenvalue weighted by Gasteiger charge is -2.35. The van der Waals surface area contributed by atoms with Gasteiger partial charge >= 0.3 is 0 Å². The Labute approximate surface area is 128 Å². The predicted molar refractivity (Wildman–Crippen MR) is 82.9 cm³/mol. The molecular formula is C14H20BrClN2O. The number of phenols is 1. The topological polar surface area (TPSA) is 35.5 Å². The number of phenolic OH excluding ortho intramolecular Hbond substituents is 1. The molecule has 0 aromatic heterocycles. The summed E-state index contributed by atoms with van der Waals surface area (Å²) in [5.41, 5.74) is 0.933. The molecule has 0 aliphatic carbocycles. The smallest absolute Gasteiger partial charge is 0.134 e. The molecule has 0 radical (unpaired) electrons. The summed E-state index contributed by atoms with van der Waals surface area (Å²) >= 11 is 9.51. The molecule has 0 unspecified atom stereocenters. The first kappa shape index (κ1) is 15.1. The van der Waals surface area contributed by atoms with E-state index in [1.165, 1.54) is 0 Å². The van der Waals surface area contributed by atoms with Crippen molar-refractivity contribution < 1.29 is 5.11 Å². The third-order valence-corrected chi connectivity index (χ3v) is 4.39. The van der Waals surface area contributed by atoms with E-state index in [-0.39, 0.29) is 6.04 Å². The van der Waals surface area contributed by atoms with Crippen molar-refractivity contribution in [2.24, 2.45) is 0 Å². The van der Waals surface area contributed by atoms with Gasteiger partial charge in [0.25, 0.3) is 0 Å². The van der Waals surface area contributed by atoms with Crippen LogP contribution in [0.4, 0.5) is 0 Å². The Morgan fingerprint density at radius 2 is 2.11 bits per heavy atom. The summed E-state index contributed by atoms with van der Waals surface area (Å²) in [5, 5.41) is 14.3. The summed E-state index contributed by atoms with van der Waals surface area (Å²) in [7, 11) is 0. The van der Waals surface area contributed by atoms with Crippen LogP contribution < -0.4 is 5.32 Å². The molecular weight excluding hydrogens is 328 g/mol. The van der Waals surface area contributed by atoms with E-state index in [1.807, 2.05) is 6.07 Å². The van der Waals surface area contributed by atoms with Gasteiger partial charge in [-0.15, -0.1) is 0 Å². The van der Waals surface area contributed by atoms with Gasteiger partial charge in [-0.2, -0.15) is 0 Å². The molecule has 5 heteroatoms. The normalized spacial score (nSPS) is 18.5. The Morgan fingerprint density at radius 3 is 2.74 bits per heavy atom. The highest BCUT2D eigenvalue weighted by Crippen LogP contribution is 2.39. The molecule has 0 amide bonds. The maximum atomic E-state index is 10.3. The summed E-state index contributed by atoms with van der Waals surface area (Å²) in [6.45, 7) is 6.19. The number of nitrogens with zero attached hydrogens (tertiary/aromatic N) is 1. The average Bonchev–Trinajstić information content (AvgIpc) is 2.41. The molecule has 1 atom stereocenters. The van der Waals surface area contributed by atoms with E-state index in [9.17, 15) is 5.11 Å². The molecule has 106 valence electrons. The minimum absolute atomic E-state index is 0.238. The fourth-order valence-corrected chi connectivity index (χ4v) is 3.48. The van der Waals surface area contributed by atoms with Crippen LogP contribution in [0.15, 0.2) is 16.6 Å². The van der Waals surface area contributed by atoms with Crippen LogP contribution in [0.5, 0.6) is 5.75 Å². The lowest BCUT2D eigenvalue weighted by Crippen LogP contribution is -2.45. The minimum Gasteiger partial charge on any atom is -0.506 e. The standard InChI is InChI=1S/C14H20BrClN2O/c1-2-3-13(18-6-4-17-5-7-18)11-8-10(16)9-12(15)14(11)19/h8-9,13,17,19H,2-7H2,1H3/t13-/m0/s1. The second kappa shape index (κ2) is 6.93. The number of hydrogen-bond acceptors (Lipinski definition) is 3. The first-order valence-electron chi connectivity index (χ1n) is 6.76. The van der Waals surface area contributed by atoms with Gasteiger partial charge in [0.05, 0.1) is 4.47 Å². The Balaban J connectivity index is 2.32. The van der Waals surface area contributed by atoms with E-state index in [2.05, 4.69) is 33.1 Å². The van der Waals surface area contributed by atoms with Gasteiger partial charge in [-0.25, -0.2) is 0 Å². The monoisotopic (exact) mass is 346 g/mol. The van der Waals surface area contributed by atoms with E-state index in [4.69, 9.17) is 11.6 Å². The van der Waals surface area contributed by atoms with Gasteiger partial charge in [-0.1, -0.05) is 24.9 Å². The summed E-state index contributed by atoms with van der Waals surface area (Å²) < 4.78 is 0.672. The number of aromatic hydroxyl groups is 1. The molecule has 0 saturated carbocycles. The molecule has 2 N–H and O–H groups in total. The van der Waals surface area contributed by atoms with Crippen molar-refractivity contribution in [3.8, 4) is 5.75 Å². The molecule has 1 saturated heterocycles. The third kappa shape index (κ3) is 3.63.